The maximum atomic E-state index is 13.1. The fraction of sp³-hybridized carbons (Fsp3) is 0.231. The molecule has 0 radical (unpaired) electrons. The topological polar surface area (TPSA) is 47.0 Å². The largest absolute Gasteiger partial charge is 0.437 e. The summed E-state index contributed by atoms with van der Waals surface area (Å²) < 4.78 is 18.6. The van der Waals surface area contributed by atoms with E-state index in [1.165, 1.54) is 12.3 Å². The number of ether oxygens (including phenoxy) is 1. The number of hydrogen-bond donors (Lipinski definition) is 1. The summed E-state index contributed by atoms with van der Waals surface area (Å²) in [7, 11) is 0. The van der Waals surface area contributed by atoms with Gasteiger partial charge in [-0.2, -0.15) is 4.98 Å². The number of aryl methyl sites for hydroxylation is 1. The fourth-order valence-electron chi connectivity index (χ4n) is 1.46. The van der Waals surface area contributed by atoms with Crippen LogP contribution in [0.5, 0.6) is 11.6 Å². The number of anilines is 1. The van der Waals surface area contributed by atoms with Gasteiger partial charge in [0.1, 0.15) is 17.4 Å². The Kier molecular flexibility index (Phi) is 3.72. The summed E-state index contributed by atoms with van der Waals surface area (Å²) in [6.45, 7) is 4.41. The number of nitrogens with one attached hydrogen (secondary N) is 1. The van der Waals surface area contributed by atoms with E-state index in [0.717, 1.165) is 6.54 Å². The smallest absolute Gasteiger partial charge is 0.239 e. The van der Waals surface area contributed by atoms with E-state index in [0.29, 0.717) is 23.0 Å². The number of hydrogen-bond acceptors (Lipinski definition) is 4. The summed E-state index contributed by atoms with van der Waals surface area (Å²) in [6, 6.07) is 4.55. The molecule has 0 amide bonds. The molecule has 0 aliphatic carbocycles. The Morgan fingerprint density at radius 1 is 1.33 bits per heavy atom. The van der Waals surface area contributed by atoms with Gasteiger partial charge in [-0.1, -0.05) is 0 Å². The molecule has 0 saturated carbocycles. The van der Waals surface area contributed by atoms with Crippen LogP contribution in [0.2, 0.25) is 0 Å². The molecular weight excluding hydrogens is 233 g/mol. The summed E-state index contributed by atoms with van der Waals surface area (Å²) in [5.74, 6) is 1.31. The lowest BCUT2D eigenvalue weighted by Crippen LogP contribution is -2.00. The van der Waals surface area contributed by atoms with Crippen molar-refractivity contribution in [1.82, 2.24) is 9.97 Å². The van der Waals surface area contributed by atoms with Crippen molar-refractivity contribution in [3.05, 3.63) is 42.0 Å². The van der Waals surface area contributed by atoms with Crippen LogP contribution in [0.15, 0.2) is 30.6 Å². The van der Waals surface area contributed by atoms with Crippen molar-refractivity contribution in [1.29, 1.82) is 0 Å². The lowest BCUT2D eigenvalue weighted by Gasteiger charge is -2.07. The number of rotatable bonds is 4. The van der Waals surface area contributed by atoms with Crippen LogP contribution in [0.1, 0.15) is 12.5 Å². The molecule has 0 aliphatic rings. The number of benzene rings is 1. The van der Waals surface area contributed by atoms with Crippen molar-refractivity contribution in [3.63, 3.8) is 0 Å². The molecule has 1 aromatic heterocycles. The zero-order chi connectivity index (χ0) is 13.0. The van der Waals surface area contributed by atoms with Gasteiger partial charge in [0.15, 0.2) is 0 Å². The molecule has 0 unspecified atom stereocenters. The van der Waals surface area contributed by atoms with Crippen molar-refractivity contribution < 1.29 is 9.13 Å². The number of aromatic nitrogens is 2. The number of nitrogens with zero attached hydrogens (tertiary/aromatic N) is 2. The molecule has 1 heterocycles. The van der Waals surface area contributed by atoms with Crippen molar-refractivity contribution in [2.75, 3.05) is 11.9 Å². The first-order valence-corrected chi connectivity index (χ1v) is 5.69. The first kappa shape index (κ1) is 12.3. The summed E-state index contributed by atoms with van der Waals surface area (Å²) >= 11 is 0. The van der Waals surface area contributed by atoms with Gasteiger partial charge >= 0.3 is 0 Å². The van der Waals surface area contributed by atoms with Gasteiger partial charge in [0.05, 0.1) is 12.4 Å². The van der Waals surface area contributed by atoms with Crippen LogP contribution in [0.3, 0.4) is 0 Å². The van der Waals surface area contributed by atoms with Crippen LogP contribution in [0, 0.1) is 12.7 Å². The van der Waals surface area contributed by atoms with Crippen LogP contribution in [-0.4, -0.2) is 16.5 Å². The molecule has 2 aromatic rings. The van der Waals surface area contributed by atoms with Gasteiger partial charge in [-0.25, -0.2) is 4.39 Å². The van der Waals surface area contributed by atoms with Gasteiger partial charge < -0.3 is 10.1 Å². The Hall–Kier alpha value is -2.17. The Morgan fingerprint density at radius 3 is 2.89 bits per heavy atom. The molecule has 1 N–H and O–H groups in total. The Bertz CT molecular complexity index is 546. The van der Waals surface area contributed by atoms with E-state index in [-0.39, 0.29) is 5.82 Å². The first-order chi connectivity index (χ1) is 8.69. The molecule has 0 aliphatic heterocycles. The first-order valence-electron chi connectivity index (χ1n) is 5.69. The second-order valence-electron chi connectivity index (χ2n) is 3.79. The third-order valence-corrected chi connectivity index (χ3v) is 2.32. The Morgan fingerprint density at radius 2 is 2.17 bits per heavy atom. The standard InChI is InChI=1S/C13H14FN3O/c1-3-16-12-7-15-8-13(17-12)18-10-4-5-11(14)9(2)6-10/h4-8H,3H2,1-2H3,(H,16,17). The van der Waals surface area contributed by atoms with Gasteiger partial charge in [-0.3, -0.25) is 4.98 Å². The van der Waals surface area contributed by atoms with Gasteiger partial charge in [0.2, 0.25) is 5.88 Å². The Labute approximate surface area is 105 Å². The lowest BCUT2D eigenvalue weighted by atomic mass is 10.2. The fourth-order valence-corrected chi connectivity index (χ4v) is 1.46. The average Bonchev–Trinajstić information content (AvgIpc) is 2.35. The van der Waals surface area contributed by atoms with Crippen molar-refractivity contribution in [2.24, 2.45) is 0 Å². The van der Waals surface area contributed by atoms with Gasteiger partial charge in [-0.15, -0.1) is 0 Å². The highest BCUT2D eigenvalue weighted by atomic mass is 19.1. The molecule has 0 spiro atoms. The van der Waals surface area contributed by atoms with Crippen LogP contribution in [0.25, 0.3) is 0 Å². The lowest BCUT2D eigenvalue weighted by molar-refractivity contribution is 0.458. The monoisotopic (exact) mass is 247 g/mol. The normalized spacial score (nSPS) is 10.2. The van der Waals surface area contributed by atoms with E-state index in [1.807, 2.05) is 6.92 Å². The van der Waals surface area contributed by atoms with Crippen molar-refractivity contribution in [3.8, 4) is 11.6 Å². The molecule has 0 fully saturated rings. The predicted molar refractivity (Wildman–Crippen MR) is 67.4 cm³/mol. The molecule has 1 aromatic carbocycles. The van der Waals surface area contributed by atoms with Gasteiger partial charge in [0, 0.05) is 6.54 Å². The molecule has 0 atom stereocenters. The second kappa shape index (κ2) is 5.44. The van der Waals surface area contributed by atoms with E-state index >= 15 is 0 Å². The molecule has 94 valence electrons. The molecule has 18 heavy (non-hydrogen) atoms. The van der Waals surface area contributed by atoms with Crippen molar-refractivity contribution in [2.45, 2.75) is 13.8 Å². The predicted octanol–water partition coefficient (Wildman–Crippen LogP) is 3.15. The van der Waals surface area contributed by atoms with Gasteiger partial charge in [-0.05, 0) is 37.6 Å². The maximum absolute atomic E-state index is 13.1. The highest BCUT2D eigenvalue weighted by Gasteiger charge is 2.03. The zero-order valence-electron chi connectivity index (χ0n) is 10.3. The summed E-state index contributed by atoms with van der Waals surface area (Å²) in [5, 5.41) is 3.04. The summed E-state index contributed by atoms with van der Waals surface area (Å²) in [5.41, 5.74) is 0.531. The Balaban J connectivity index is 2.17. The highest BCUT2D eigenvalue weighted by Crippen LogP contribution is 2.22. The van der Waals surface area contributed by atoms with Crippen LogP contribution in [0.4, 0.5) is 10.2 Å². The summed E-state index contributed by atoms with van der Waals surface area (Å²) in [6.07, 6.45) is 3.13. The molecule has 5 heteroatoms. The van der Waals surface area contributed by atoms with Crippen LogP contribution >= 0.6 is 0 Å². The minimum atomic E-state index is -0.255. The minimum Gasteiger partial charge on any atom is -0.437 e. The minimum absolute atomic E-state index is 0.255. The highest BCUT2D eigenvalue weighted by molar-refractivity contribution is 5.36. The third kappa shape index (κ3) is 2.94. The van der Waals surface area contributed by atoms with E-state index in [2.05, 4.69) is 15.3 Å². The van der Waals surface area contributed by atoms with Crippen LogP contribution < -0.4 is 10.1 Å². The summed E-state index contributed by atoms with van der Waals surface area (Å²) in [4.78, 5) is 8.24. The molecule has 0 bridgehead atoms. The van der Waals surface area contributed by atoms with Crippen molar-refractivity contribution >= 4 is 5.82 Å². The molecule has 0 saturated heterocycles. The van der Waals surface area contributed by atoms with Gasteiger partial charge in [0.25, 0.3) is 0 Å². The molecule has 2 rings (SSSR count). The second-order valence-corrected chi connectivity index (χ2v) is 3.79. The third-order valence-electron chi connectivity index (χ3n) is 2.32. The molecular formula is C13H14FN3O. The molecule has 4 nitrogen and oxygen atoms in total. The maximum Gasteiger partial charge on any atom is 0.239 e. The van der Waals surface area contributed by atoms with Crippen LogP contribution in [-0.2, 0) is 0 Å². The van der Waals surface area contributed by atoms with E-state index in [9.17, 15) is 4.39 Å². The SMILES string of the molecule is CCNc1cncc(Oc2ccc(F)c(C)c2)n1. The average molecular weight is 247 g/mol. The van der Waals surface area contributed by atoms with E-state index < -0.39 is 0 Å². The zero-order valence-corrected chi connectivity index (χ0v) is 10.3. The van der Waals surface area contributed by atoms with E-state index in [4.69, 9.17) is 4.74 Å². The number of halogens is 1. The quantitative estimate of drug-likeness (QED) is 0.901. The van der Waals surface area contributed by atoms with E-state index in [1.54, 1.807) is 25.3 Å².